The minimum Gasteiger partial charge on any atom is -0.444 e. The summed E-state index contributed by atoms with van der Waals surface area (Å²) in [7, 11) is -1.80. The quantitative estimate of drug-likeness (QED) is 0.580. The predicted octanol–water partition coefficient (Wildman–Crippen LogP) is 5.01. The molecule has 1 rings (SSSR count). The molecule has 0 bridgehead atoms. The molecule has 0 spiro atoms. The van der Waals surface area contributed by atoms with Crippen LogP contribution in [0, 0.1) is 0 Å². The van der Waals surface area contributed by atoms with Crippen LogP contribution in [0.3, 0.4) is 0 Å². The molecule has 5 heteroatoms. The van der Waals surface area contributed by atoms with Gasteiger partial charge in [0, 0.05) is 6.04 Å². The average molecular weight is 342 g/mol. The first-order chi connectivity index (χ1) is 10.3. The molecule has 1 N–H and O–H groups in total. The summed E-state index contributed by atoms with van der Waals surface area (Å²) in [6.45, 7) is 16.9. The first-order valence-corrected chi connectivity index (χ1v) is 11.5. The van der Waals surface area contributed by atoms with Crippen LogP contribution in [0.2, 0.25) is 18.1 Å². The van der Waals surface area contributed by atoms with E-state index >= 15 is 0 Å². The number of rotatable bonds is 3. The van der Waals surface area contributed by atoms with Gasteiger partial charge in [-0.3, -0.25) is 0 Å². The zero-order valence-corrected chi connectivity index (χ0v) is 17.2. The van der Waals surface area contributed by atoms with Crippen LogP contribution in [0.25, 0.3) is 0 Å². The normalized spacial score (nSPS) is 23.3. The zero-order valence-electron chi connectivity index (χ0n) is 16.2. The molecule has 0 aromatic heterocycles. The Kier molecular flexibility index (Phi) is 6.50. The highest BCUT2D eigenvalue weighted by molar-refractivity contribution is 6.74. The van der Waals surface area contributed by atoms with Gasteiger partial charge in [0.2, 0.25) is 0 Å². The lowest BCUT2D eigenvalue weighted by molar-refractivity contribution is 0.0489. The molecule has 0 radical (unpaired) electrons. The van der Waals surface area contributed by atoms with Crippen LogP contribution in [0.15, 0.2) is 12.2 Å². The second-order valence-corrected chi connectivity index (χ2v) is 13.8. The van der Waals surface area contributed by atoms with Crippen molar-refractivity contribution in [3.8, 4) is 0 Å². The summed E-state index contributed by atoms with van der Waals surface area (Å²) < 4.78 is 11.9. The van der Waals surface area contributed by atoms with Crippen LogP contribution >= 0.6 is 0 Å². The summed E-state index contributed by atoms with van der Waals surface area (Å²) in [5, 5.41) is 3.18. The van der Waals surface area contributed by atoms with Crippen molar-refractivity contribution in [2.45, 2.75) is 96.7 Å². The Morgan fingerprint density at radius 3 is 2.17 bits per heavy atom. The first-order valence-electron chi connectivity index (χ1n) is 8.62. The second-order valence-electron chi connectivity index (χ2n) is 9.02. The Hall–Kier alpha value is -0.813. The maximum absolute atomic E-state index is 12.0. The van der Waals surface area contributed by atoms with Crippen molar-refractivity contribution >= 4 is 14.4 Å². The van der Waals surface area contributed by atoms with E-state index in [0.717, 1.165) is 19.3 Å². The van der Waals surface area contributed by atoms with E-state index < -0.39 is 13.9 Å². The Morgan fingerprint density at radius 2 is 1.65 bits per heavy atom. The van der Waals surface area contributed by atoms with Crippen molar-refractivity contribution < 1.29 is 14.0 Å². The van der Waals surface area contributed by atoms with Gasteiger partial charge in [-0.05, 0) is 58.2 Å². The monoisotopic (exact) mass is 341 g/mol. The molecule has 0 aromatic carbocycles. The number of amides is 1. The van der Waals surface area contributed by atoms with Crippen molar-refractivity contribution in [1.82, 2.24) is 5.32 Å². The Labute approximate surface area is 143 Å². The summed E-state index contributed by atoms with van der Waals surface area (Å²) in [6, 6.07) is 0.0679. The fourth-order valence-corrected chi connectivity index (χ4v) is 3.68. The van der Waals surface area contributed by atoms with E-state index in [9.17, 15) is 4.79 Å². The van der Waals surface area contributed by atoms with Crippen molar-refractivity contribution in [3.63, 3.8) is 0 Å². The van der Waals surface area contributed by atoms with E-state index in [1.165, 1.54) is 0 Å². The lowest BCUT2D eigenvalue weighted by Crippen LogP contribution is -2.46. The number of hydrogen-bond donors (Lipinski definition) is 1. The van der Waals surface area contributed by atoms with Gasteiger partial charge in [0.15, 0.2) is 8.32 Å². The predicted molar refractivity (Wildman–Crippen MR) is 98.2 cm³/mol. The van der Waals surface area contributed by atoms with Crippen molar-refractivity contribution in [1.29, 1.82) is 0 Å². The van der Waals surface area contributed by atoms with Gasteiger partial charge >= 0.3 is 6.09 Å². The second kappa shape index (κ2) is 7.39. The van der Waals surface area contributed by atoms with Crippen molar-refractivity contribution in [2.24, 2.45) is 0 Å². The molecule has 0 fully saturated rings. The number of carbonyl (C=O) groups is 1. The van der Waals surface area contributed by atoms with Crippen molar-refractivity contribution in [2.75, 3.05) is 0 Å². The fraction of sp³-hybridized carbons (Fsp3) is 0.833. The molecule has 0 heterocycles. The molecule has 2 atom stereocenters. The SMILES string of the molecule is CC(C)(C)OC(=O)N[C@H]1CC=CC[C@H](O[Si](C)(C)C(C)(C)C)C1. The summed E-state index contributed by atoms with van der Waals surface area (Å²) in [5.74, 6) is 0. The molecular weight excluding hydrogens is 306 g/mol. The summed E-state index contributed by atoms with van der Waals surface area (Å²) in [5.41, 5.74) is -0.471. The largest absolute Gasteiger partial charge is 0.444 e. The lowest BCUT2D eigenvalue weighted by Gasteiger charge is -2.39. The number of carbonyl (C=O) groups excluding carboxylic acids is 1. The molecule has 0 unspecified atom stereocenters. The van der Waals surface area contributed by atoms with Gasteiger partial charge in [0.1, 0.15) is 5.60 Å². The van der Waals surface area contributed by atoms with Crippen LogP contribution in [-0.2, 0) is 9.16 Å². The molecule has 0 saturated carbocycles. The molecule has 0 aliphatic heterocycles. The summed E-state index contributed by atoms with van der Waals surface area (Å²) >= 11 is 0. The third-order valence-corrected chi connectivity index (χ3v) is 9.06. The molecule has 1 amide bonds. The maximum Gasteiger partial charge on any atom is 0.407 e. The van der Waals surface area contributed by atoms with Gasteiger partial charge in [-0.15, -0.1) is 0 Å². The van der Waals surface area contributed by atoms with Gasteiger partial charge in [-0.25, -0.2) is 4.79 Å². The number of alkyl carbamates (subject to hydrolysis) is 1. The third-order valence-electron chi connectivity index (χ3n) is 4.52. The smallest absolute Gasteiger partial charge is 0.407 e. The molecule has 1 aliphatic rings. The molecule has 134 valence electrons. The molecule has 23 heavy (non-hydrogen) atoms. The average Bonchev–Trinajstić information content (AvgIpc) is 2.49. The highest BCUT2D eigenvalue weighted by atomic mass is 28.4. The number of hydrogen-bond acceptors (Lipinski definition) is 3. The van der Waals surface area contributed by atoms with Crippen LogP contribution < -0.4 is 5.32 Å². The summed E-state index contributed by atoms with van der Waals surface area (Å²) in [6.07, 6.45) is 6.71. The van der Waals surface area contributed by atoms with E-state index in [1.54, 1.807) is 0 Å². The van der Waals surface area contributed by atoms with Crippen molar-refractivity contribution in [3.05, 3.63) is 12.2 Å². The standard InChI is InChI=1S/C18H35NO3Si/c1-17(2,3)21-16(20)19-14-11-9-10-12-15(13-14)22-23(7,8)18(4,5)6/h9-10,14-15H,11-13H2,1-8H3,(H,19,20)/t14-,15-/m0/s1. The highest BCUT2D eigenvalue weighted by Crippen LogP contribution is 2.38. The number of ether oxygens (including phenoxy) is 1. The van der Waals surface area contributed by atoms with E-state index in [1.807, 2.05) is 20.8 Å². The molecule has 1 aliphatic carbocycles. The maximum atomic E-state index is 12.0. The van der Waals surface area contributed by atoms with Gasteiger partial charge in [0.25, 0.3) is 0 Å². The van der Waals surface area contributed by atoms with Gasteiger partial charge in [-0.2, -0.15) is 0 Å². The number of nitrogens with one attached hydrogen (secondary N) is 1. The summed E-state index contributed by atoms with van der Waals surface area (Å²) in [4.78, 5) is 12.0. The minimum atomic E-state index is -1.80. The third kappa shape index (κ3) is 7.08. The minimum absolute atomic E-state index is 0.0679. The highest BCUT2D eigenvalue weighted by Gasteiger charge is 2.39. The van der Waals surface area contributed by atoms with Crippen LogP contribution in [0.5, 0.6) is 0 Å². The molecule has 0 aromatic rings. The van der Waals surface area contributed by atoms with Crippen LogP contribution in [0.4, 0.5) is 4.79 Å². The molecule has 0 saturated heterocycles. The topological polar surface area (TPSA) is 47.6 Å². The first kappa shape index (κ1) is 20.2. The molecular formula is C18H35NO3Si. The van der Waals surface area contributed by atoms with Gasteiger partial charge < -0.3 is 14.5 Å². The van der Waals surface area contributed by atoms with E-state index in [4.69, 9.17) is 9.16 Å². The van der Waals surface area contributed by atoms with E-state index in [-0.39, 0.29) is 23.3 Å². The van der Waals surface area contributed by atoms with Crippen LogP contribution in [-0.4, -0.2) is 32.2 Å². The zero-order chi connectivity index (χ0) is 17.9. The Bertz CT molecular complexity index is 433. The van der Waals surface area contributed by atoms with Gasteiger partial charge in [-0.1, -0.05) is 32.9 Å². The Balaban J connectivity index is 2.65. The van der Waals surface area contributed by atoms with Crippen LogP contribution in [0.1, 0.15) is 60.8 Å². The van der Waals surface area contributed by atoms with E-state index in [0.29, 0.717) is 0 Å². The Morgan fingerprint density at radius 1 is 1.09 bits per heavy atom. The lowest BCUT2D eigenvalue weighted by atomic mass is 10.1. The molecule has 4 nitrogen and oxygen atoms in total. The van der Waals surface area contributed by atoms with E-state index in [2.05, 4.69) is 51.3 Å². The van der Waals surface area contributed by atoms with Gasteiger partial charge in [0.05, 0.1) is 6.10 Å². The fourth-order valence-electron chi connectivity index (χ4n) is 2.30.